The summed E-state index contributed by atoms with van der Waals surface area (Å²) in [4.78, 5) is 20.9. The third kappa shape index (κ3) is 9.57. The van der Waals surface area contributed by atoms with Crippen LogP contribution in [0.3, 0.4) is 0 Å². The molecule has 1 amide bonds. The third-order valence-corrected chi connectivity index (χ3v) is 5.10. The number of benzene rings is 1. The molecule has 0 spiro atoms. The van der Waals surface area contributed by atoms with E-state index in [0.717, 1.165) is 45.1 Å². The number of alkyl carbamates (subject to hydrolysis) is 1. The summed E-state index contributed by atoms with van der Waals surface area (Å²) in [6.07, 6.45) is 0.626. The molecule has 0 radical (unpaired) electrons. The Kier molecular flexibility index (Phi) is 10.1. The molecule has 3 N–H and O–H groups in total. The van der Waals surface area contributed by atoms with Crippen LogP contribution in [0.15, 0.2) is 35.3 Å². The summed E-state index contributed by atoms with van der Waals surface area (Å²) in [6.45, 7) is 11.7. The van der Waals surface area contributed by atoms with E-state index in [-0.39, 0.29) is 0 Å². The second kappa shape index (κ2) is 12.5. The van der Waals surface area contributed by atoms with Crippen molar-refractivity contribution in [2.45, 2.75) is 38.8 Å². The van der Waals surface area contributed by atoms with Gasteiger partial charge in [0.1, 0.15) is 5.60 Å². The second-order valence-corrected chi connectivity index (χ2v) is 8.93. The van der Waals surface area contributed by atoms with E-state index in [9.17, 15) is 4.79 Å². The minimum atomic E-state index is -0.488. The van der Waals surface area contributed by atoms with Crippen LogP contribution in [0.4, 0.5) is 4.79 Å². The molecule has 1 atom stereocenters. The number of aliphatic imine (C=N–C) groups is 1. The molecule has 8 heteroatoms. The minimum absolute atomic E-state index is 0.405. The average Bonchev–Trinajstić information content (AvgIpc) is 2.72. The molecular weight excluding hydrogens is 392 g/mol. The molecule has 0 bridgehead atoms. The molecule has 1 fully saturated rings. The maximum atomic E-state index is 11.7. The molecule has 2 rings (SSSR count). The number of carbonyl (C=O) groups is 1. The van der Waals surface area contributed by atoms with E-state index in [1.807, 2.05) is 20.8 Å². The summed E-state index contributed by atoms with van der Waals surface area (Å²) in [6, 6.07) is 11.2. The smallest absolute Gasteiger partial charge is 0.407 e. The van der Waals surface area contributed by atoms with Gasteiger partial charge in [0.25, 0.3) is 0 Å². The minimum Gasteiger partial charge on any atom is -0.444 e. The molecule has 1 aliphatic rings. The lowest BCUT2D eigenvalue weighted by Crippen LogP contribution is -2.47. The van der Waals surface area contributed by atoms with Crippen molar-refractivity contribution in [3.05, 3.63) is 35.9 Å². The van der Waals surface area contributed by atoms with Gasteiger partial charge in [-0.15, -0.1) is 0 Å². The first-order chi connectivity index (χ1) is 14.8. The molecule has 1 aromatic carbocycles. The molecule has 0 aromatic heterocycles. The van der Waals surface area contributed by atoms with Crippen LogP contribution >= 0.6 is 0 Å². The van der Waals surface area contributed by atoms with Gasteiger partial charge in [-0.2, -0.15) is 0 Å². The molecule has 1 aromatic rings. The Morgan fingerprint density at radius 3 is 2.45 bits per heavy atom. The maximum Gasteiger partial charge on any atom is 0.407 e. The van der Waals surface area contributed by atoms with Crippen LogP contribution < -0.4 is 16.0 Å². The molecule has 1 aliphatic heterocycles. The van der Waals surface area contributed by atoms with Crippen molar-refractivity contribution in [2.24, 2.45) is 4.99 Å². The van der Waals surface area contributed by atoms with Gasteiger partial charge in [0.2, 0.25) is 0 Å². The number of hydrogen-bond donors (Lipinski definition) is 3. The lowest BCUT2D eigenvalue weighted by Gasteiger charge is -2.40. The van der Waals surface area contributed by atoms with E-state index in [2.05, 4.69) is 68.1 Å². The van der Waals surface area contributed by atoms with Crippen molar-refractivity contribution in [1.29, 1.82) is 0 Å². The largest absolute Gasteiger partial charge is 0.444 e. The van der Waals surface area contributed by atoms with Gasteiger partial charge in [-0.3, -0.25) is 9.89 Å². The second-order valence-electron chi connectivity index (χ2n) is 8.93. The summed E-state index contributed by atoms with van der Waals surface area (Å²) >= 11 is 0. The Morgan fingerprint density at radius 2 is 1.77 bits per heavy atom. The van der Waals surface area contributed by atoms with Gasteiger partial charge in [-0.05, 0) is 39.8 Å². The highest BCUT2D eigenvalue weighted by molar-refractivity contribution is 5.79. The standard InChI is InChI=1S/C23H40N6O2/c1-23(2,3)31-22(30)27-14-13-26-21(24-4)25-12-9-15-29-17-16-28(5)18-20(29)19-10-7-6-8-11-19/h6-8,10-11,20H,9,12-18H2,1-5H3,(H,27,30)(H2,24,25,26). The van der Waals surface area contributed by atoms with E-state index in [0.29, 0.717) is 19.1 Å². The zero-order valence-electron chi connectivity index (χ0n) is 19.8. The van der Waals surface area contributed by atoms with Gasteiger partial charge in [0, 0.05) is 58.9 Å². The van der Waals surface area contributed by atoms with E-state index in [4.69, 9.17) is 4.74 Å². The number of piperazine rings is 1. The van der Waals surface area contributed by atoms with Crippen molar-refractivity contribution in [2.75, 3.05) is 59.9 Å². The van der Waals surface area contributed by atoms with Crippen LogP contribution in [0.25, 0.3) is 0 Å². The monoisotopic (exact) mass is 432 g/mol. The van der Waals surface area contributed by atoms with Crippen molar-refractivity contribution < 1.29 is 9.53 Å². The molecule has 1 unspecified atom stereocenters. The van der Waals surface area contributed by atoms with Crippen LogP contribution in [0.5, 0.6) is 0 Å². The number of amides is 1. The molecule has 8 nitrogen and oxygen atoms in total. The van der Waals surface area contributed by atoms with Crippen molar-refractivity contribution in [3.63, 3.8) is 0 Å². The Hall–Kier alpha value is -2.32. The van der Waals surface area contributed by atoms with E-state index in [1.54, 1.807) is 7.05 Å². The third-order valence-electron chi connectivity index (χ3n) is 5.10. The highest BCUT2D eigenvalue weighted by atomic mass is 16.6. The van der Waals surface area contributed by atoms with Gasteiger partial charge >= 0.3 is 6.09 Å². The topological polar surface area (TPSA) is 81.2 Å². The van der Waals surface area contributed by atoms with Crippen LogP contribution in [-0.2, 0) is 4.74 Å². The van der Waals surface area contributed by atoms with E-state index >= 15 is 0 Å². The molecule has 0 saturated carbocycles. The Bertz CT molecular complexity index is 689. The van der Waals surface area contributed by atoms with Gasteiger partial charge in [-0.1, -0.05) is 30.3 Å². The molecule has 1 saturated heterocycles. The molecule has 0 aliphatic carbocycles. The van der Waals surface area contributed by atoms with Crippen molar-refractivity contribution in [1.82, 2.24) is 25.8 Å². The highest BCUT2D eigenvalue weighted by Crippen LogP contribution is 2.24. The molecular formula is C23H40N6O2. The maximum absolute atomic E-state index is 11.7. The zero-order chi connectivity index (χ0) is 22.7. The van der Waals surface area contributed by atoms with Crippen LogP contribution in [0.2, 0.25) is 0 Å². The summed E-state index contributed by atoms with van der Waals surface area (Å²) in [5.41, 5.74) is 0.898. The fourth-order valence-corrected chi connectivity index (χ4v) is 3.59. The fourth-order valence-electron chi connectivity index (χ4n) is 3.59. The Balaban J connectivity index is 1.67. The first kappa shape index (κ1) is 24.9. The van der Waals surface area contributed by atoms with Crippen LogP contribution in [-0.4, -0.2) is 87.4 Å². The van der Waals surface area contributed by atoms with Gasteiger partial charge in [-0.25, -0.2) is 4.79 Å². The number of hydrogen-bond acceptors (Lipinski definition) is 5. The van der Waals surface area contributed by atoms with E-state index < -0.39 is 11.7 Å². The summed E-state index contributed by atoms with van der Waals surface area (Å²) in [5, 5.41) is 9.31. The first-order valence-electron chi connectivity index (χ1n) is 11.2. The Labute approximate surface area is 187 Å². The Morgan fingerprint density at radius 1 is 1.10 bits per heavy atom. The van der Waals surface area contributed by atoms with Crippen molar-refractivity contribution in [3.8, 4) is 0 Å². The predicted octanol–water partition coefficient (Wildman–Crippen LogP) is 2.05. The summed E-state index contributed by atoms with van der Waals surface area (Å²) in [5.74, 6) is 0.740. The van der Waals surface area contributed by atoms with Crippen LogP contribution in [0, 0.1) is 0 Å². The fraction of sp³-hybridized carbons (Fsp3) is 0.652. The zero-order valence-corrected chi connectivity index (χ0v) is 19.8. The average molecular weight is 433 g/mol. The number of nitrogens with zero attached hydrogens (tertiary/aromatic N) is 3. The number of likely N-dealkylation sites (N-methyl/N-ethyl adjacent to an activating group) is 1. The molecule has 31 heavy (non-hydrogen) atoms. The predicted molar refractivity (Wildman–Crippen MR) is 126 cm³/mol. The number of ether oxygens (including phenoxy) is 1. The lowest BCUT2D eigenvalue weighted by atomic mass is 10.0. The quantitative estimate of drug-likeness (QED) is 0.331. The van der Waals surface area contributed by atoms with Gasteiger partial charge in [0.15, 0.2) is 5.96 Å². The van der Waals surface area contributed by atoms with Gasteiger partial charge in [0.05, 0.1) is 0 Å². The molecule has 1 heterocycles. The SMILES string of the molecule is CN=C(NCCCN1CCN(C)CC1c1ccccc1)NCCNC(=O)OC(C)(C)C. The number of carbonyl (C=O) groups excluding carboxylic acids is 1. The van der Waals surface area contributed by atoms with Crippen molar-refractivity contribution >= 4 is 12.1 Å². The number of rotatable bonds is 8. The summed E-state index contributed by atoms with van der Waals surface area (Å²) in [7, 11) is 3.95. The normalized spacial score (nSPS) is 18.5. The lowest BCUT2D eigenvalue weighted by molar-refractivity contribution is 0.0529. The number of guanidine groups is 1. The number of nitrogens with one attached hydrogen (secondary N) is 3. The van der Waals surface area contributed by atoms with Gasteiger partial charge < -0.3 is 25.6 Å². The molecule has 174 valence electrons. The first-order valence-corrected chi connectivity index (χ1v) is 11.2. The van der Waals surface area contributed by atoms with Crippen LogP contribution in [0.1, 0.15) is 38.8 Å². The van der Waals surface area contributed by atoms with E-state index in [1.165, 1.54) is 5.56 Å². The highest BCUT2D eigenvalue weighted by Gasteiger charge is 2.25. The summed E-state index contributed by atoms with van der Waals surface area (Å²) < 4.78 is 5.22.